The van der Waals surface area contributed by atoms with E-state index in [1.165, 1.54) is 22.9 Å². The lowest BCUT2D eigenvalue weighted by molar-refractivity contribution is -0.137. The van der Waals surface area contributed by atoms with Crippen LogP contribution < -0.4 is 10.6 Å². The van der Waals surface area contributed by atoms with Gasteiger partial charge in [0.15, 0.2) is 0 Å². The molecular formula is C29H24F3N7O. The van der Waals surface area contributed by atoms with Gasteiger partial charge in [0.1, 0.15) is 5.82 Å². The van der Waals surface area contributed by atoms with Gasteiger partial charge in [-0.15, -0.1) is 0 Å². The number of anilines is 3. The second-order valence-electron chi connectivity index (χ2n) is 9.15. The van der Waals surface area contributed by atoms with E-state index in [0.717, 1.165) is 17.2 Å². The molecule has 0 bridgehead atoms. The van der Waals surface area contributed by atoms with Crippen LogP contribution in [0.1, 0.15) is 33.0 Å². The molecule has 40 heavy (non-hydrogen) atoms. The van der Waals surface area contributed by atoms with E-state index in [4.69, 9.17) is 0 Å². The van der Waals surface area contributed by atoms with Crippen molar-refractivity contribution in [3.05, 3.63) is 108 Å². The molecular weight excluding hydrogens is 519 g/mol. The van der Waals surface area contributed by atoms with Crippen LogP contribution in [0, 0.1) is 20.8 Å². The van der Waals surface area contributed by atoms with E-state index in [9.17, 15) is 18.0 Å². The number of halogens is 3. The fourth-order valence-electron chi connectivity index (χ4n) is 4.23. The highest BCUT2D eigenvalue weighted by molar-refractivity contribution is 6.04. The molecule has 0 unspecified atom stereocenters. The predicted molar refractivity (Wildman–Crippen MR) is 146 cm³/mol. The van der Waals surface area contributed by atoms with Gasteiger partial charge < -0.3 is 15.2 Å². The topological polar surface area (TPSA) is 97.6 Å². The Balaban J connectivity index is 1.39. The molecule has 5 aromatic rings. The van der Waals surface area contributed by atoms with E-state index in [2.05, 4.69) is 30.6 Å². The van der Waals surface area contributed by atoms with Gasteiger partial charge in [-0.25, -0.2) is 15.0 Å². The monoisotopic (exact) mass is 543 g/mol. The number of aromatic nitrogens is 5. The first-order chi connectivity index (χ1) is 19.1. The standard InChI is InChI=1S/C29H24F3N7O/c1-17-6-8-22(14-25(17)38-28-34-12-10-24(37-28)21-5-4-11-33-15-21)36-27(40)20-7-9-26(23(13-20)29(30,31)32)39-16-18(2)35-19(39)3/h4-16H,1-3H3,(H,36,40)(H,34,37,38). The van der Waals surface area contributed by atoms with Crippen LogP contribution in [0.3, 0.4) is 0 Å². The Labute approximate surface area is 228 Å². The Morgan fingerprint density at radius 1 is 0.950 bits per heavy atom. The van der Waals surface area contributed by atoms with Crippen LogP contribution in [0.4, 0.5) is 30.5 Å². The van der Waals surface area contributed by atoms with E-state index in [-0.39, 0.29) is 11.3 Å². The average molecular weight is 544 g/mol. The van der Waals surface area contributed by atoms with Gasteiger partial charge in [0.25, 0.3) is 5.91 Å². The number of pyridine rings is 1. The van der Waals surface area contributed by atoms with E-state index in [1.54, 1.807) is 56.7 Å². The third kappa shape index (κ3) is 5.68. The number of rotatable bonds is 6. The maximum atomic E-state index is 14.0. The molecule has 0 aliphatic rings. The molecule has 8 nitrogen and oxygen atoms in total. The number of benzene rings is 2. The van der Waals surface area contributed by atoms with Crippen molar-refractivity contribution in [1.29, 1.82) is 0 Å². The highest BCUT2D eigenvalue weighted by Gasteiger charge is 2.35. The quantitative estimate of drug-likeness (QED) is 0.248. The molecule has 0 atom stereocenters. The van der Waals surface area contributed by atoms with Crippen LogP contribution in [0.5, 0.6) is 0 Å². The van der Waals surface area contributed by atoms with Crippen LogP contribution in [0.25, 0.3) is 16.9 Å². The summed E-state index contributed by atoms with van der Waals surface area (Å²) < 4.78 is 43.3. The van der Waals surface area contributed by atoms with Crippen molar-refractivity contribution in [2.75, 3.05) is 10.6 Å². The molecule has 0 saturated heterocycles. The fourth-order valence-corrected chi connectivity index (χ4v) is 4.23. The highest BCUT2D eigenvalue weighted by atomic mass is 19.4. The largest absolute Gasteiger partial charge is 0.418 e. The zero-order valence-corrected chi connectivity index (χ0v) is 21.8. The van der Waals surface area contributed by atoms with Crippen molar-refractivity contribution in [2.24, 2.45) is 0 Å². The molecule has 5 rings (SSSR count). The Morgan fingerprint density at radius 2 is 1.77 bits per heavy atom. The van der Waals surface area contributed by atoms with Crippen molar-refractivity contribution in [3.63, 3.8) is 0 Å². The summed E-state index contributed by atoms with van der Waals surface area (Å²) in [5, 5.41) is 5.83. The zero-order valence-electron chi connectivity index (χ0n) is 21.8. The third-order valence-electron chi connectivity index (χ3n) is 6.18. The van der Waals surface area contributed by atoms with Gasteiger partial charge in [-0.1, -0.05) is 6.07 Å². The Morgan fingerprint density at radius 3 is 2.48 bits per heavy atom. The summed E-state index contributed by atoms with van der Waals surface area (Å²) in [6.07, 6.45) is 1.83. The molecule has 0 aliphatic carbocycles. The lowest BCUT2D eigenvalue weighted by atomic mass is 10.1. The van der Waals surface area contributed by atoms with Crippen LogP contribution in [-0.4, -0.2) is 30.4 Å². The van der Waals surface area contributed by atoms with Gasteiger partial charge in [-0.05, 0) is 74.9 Å². The molecule has 0 saturated carbocycles. The van der Waals surface area contributed by atoms with Crippen LogP contribution in [-0.2, 0) is 6.18 Å². The van der Waals surface area contributed by atoms with Gasteiger partial charge in [0, 0.05) is 47.3 Å². The summed E-state index contributed by atoms with van der Waals surface area (Å²) >= 11 is 0. The third-order valence-corrected chi connectivity index (χ3v) is 6.18. The second kappa shape index (κ2) is 10.6. The molecule has 3 heterocycles. The Kier molecular flexibility index (Phi) is 7.03. The van der Waals surface area contributed by atoms with Gasteiger partial charge in [-0.2, -0.15) is 13.2 Å². The summed E-state index contributed by atoms with van der Waals surface area (Å²) in [5.74, 6) is 0.0680. The molecule has 11 heteroatoms. The number of carbonyl (C=O) groups is 1. The van der Waals surface area contributed by atoms with Crippen molar-refractivity contribution >= 4 is 23.2 Å². The number of nitrogens with one attached hydrogen (secondary N) is 2. The maximum Gasteiger partial charge on any atom is 0.418 e. The Hall–Kier alpha value is -5.06. The number of imidazole rings is 1. The molecule has 0 fully saturated rings. The summed E-state index contributed by atoms with van der Waals surface area (Å²) in [4.78, 5) is 30.1. The zero-order chi connectivity index (χ0) is 28.4. The number of alkyl halides is 3. The summed E-state index contributed by atoms with van der Waals surface area (Å²) in [6.45, 7) is 5.19. The first-order valence-corrected chi connectivity index (χ1v) is 12.2. The van der Waals surface area contributed by atoms with Gasteiger partial charge >= 0.3 is 6.18 Å². The number of hydrogen-bond acceptors (Lipinski definition) is 6. The molecule has 0 aliphatic heterocycles. The van der Waals surface area contributed by atoms with Gasteiger partial charge in [0.05, 0.1) is 22.6 Å². The number of hydrogen-bond donors (Lipinski definition) is 2. The van der Waals surface area contributed by atoms with Gasteiger partial charge in [-0.3, -0.25) is 9.78 Å². The molecule has 0 radical (unpaired) electrons. The lowest BCUT2D eigenvalue weighted by Gasteiger charge is -2.16. The lowest BCUT2D eigenvalue weighted by Crippen LogP contribution is -2.16. The molecule has 1 amide bonds. The van der Waals surface area contributed by atoms with Gasteiger partial charge in [0.2, 0.25) is 5.95 Å². The first-order valence-electron chi connectivity index (χ1n) is 12.2. The van der Waals surface area contributed by atoms with E-state index >= 15 is 0 Å². The first kappa shape index (κ1) is 26.5. The van der Waals surface area contributed by atoms with Crippen molar-refractivity contribution in [1.82, 2.24) is 24.5 Å². The van der Waals surface area contributed by atoms with Crippen LogP contribution in [0.15, 0.2) is 79.4 Å². The van der Waals surface area contributed by atoms with Crippen molar-refractivity contribution in [3.8, 4) is 16.9 Å². The molecule has 3 aromatic heterocycles. The minimum absolute atomic E-state index is 0.0995. The second-order valence-corrected chi connectivity index (χ2v) is 9.15. The summed E-state index contributed by atoms with van der Waals surface area (Å²) in [6, 6.07) is 14.1. The highest BCUT2D eigenvalue weighted by Crippen LogP contribution is 2.35. The van der Waals surface area contributed by atoms with Crippen LogP contribution >= 0.6 is 0 Å². The minimum atomic E-state index is -4.68. The summed E-state index contributed by atoms with van der Waals surface area (Å²) in [5.41, 5.74) is 2.79. The average Bonchev–Trinajstić information content (AvgIpc) is 3.27. The van der Waals surface area contributed by atoms with Crippen molar-refractivity contribution in [2.45, 2.75) is 26.9 Å². The van der Waals surface area contributed by atoms with E-state index in [0.29, 0.717) is 34.5 Å². The van der Waals surface area contributed by atoms with E-state index < -0.39 is 17.6 Å². The number of carbonyl (C=O) groups excluding carboxylic acids is 1. The van der Waals surface area contributed by atoms with Crippen LogP contribution in [0.2, 0.25) is 0 Å². The Bertz CT molecular complexity index is 1700. The molecule has 202 valence electrons. The predicted octanol–water partition coefficient (Wildman–Crippen LogP) is 6.66. The number of aryl methyl sites for hydroxylation is 3. The van der Waals surface area contributed by atoms with E-state index in [1.807, 2.05) is 19.1 Å². The number of amides is 1. The fraction of sp³-hybridized carbons (Fsp3) is 0.138. The SMILES string of the molecule is Cc1cn(-c2ccc(C(=O)Nc3ccc(C)c(Nc4nccc(-c5cccnc5)n4)c3)cc2C(F)(F)F)c(C)n1. The summed E-state index contributed by atoms with van der Waals surface area (Å²) in [7, 11) is 0. The smallest absolute Gasteiger partial charge is 0.324 e. The normalized spacial score (nSPS) is 11.3. The van der Waals surface area contributed by atoms with Crippen molar-refractivity contribution < 1.29 is 18.0 Å². The molecule has 2 N–H and O–H groups in total. The molecule has 0 spiro atoms. The number of nitrogens with zero attached hydrogens (tertiary/aromatic N) is 5. The molecule has 2 aromatic carbocycles. The maximum absolute atomic E-state index is 14.0. The minimum Gasteiger partial charge on any atom is -0.324 e.